The van der Waals surface area contributed by atoms with Crippen molar-refractivity contribution in [2.75, 3.05) is 11.9 Å². The van der Waals surface area contributed by atoms with Crippen LogP contribution in [0.15, 0.2) is 24.3 Å². The molecule has 0 aliphatic heterocycles. The van der Waals surface area contributed by atoms with Gasteiger partial charge in [-0.2, -0.15) is 0 Å². The number of hydrogen-bond donors (Lipinski definition) is 4. The molecule has 34 heavy (non-hydrogen) atoms. The fraction of sp³-hybridized carbons (Fsp3) is 0.583. The molecule has 0 fully saturated rings. The normalized spacial score (nSPS) is 11.9. The van der Waals surface area contributed by atoms with Gasteiger partial charge in [0.2, 0.25) is 5.91 Å². The van der Waals surface area contributed by atoms with Gasteiger partial charge in [0, 0.05) is 18.7 Å². The van der Waals surface area contributed by atoms with Crippen molar-refractivity contribution < 1.29 is 28.7 Å². The molecule has 10 nitrogen and oxygen atoms in total. The summed E-state index contributed by atoms with van der Waals surface area (Å²) in [4.78, 5) is 47.2. The topological polar surface area (TPSA) is 149 Å². The Labute approximate surface area is 201 Å². The number of hydrogen-bond acceptors (Lipinski definition) is 6. The molecule has 190 valence electrons. The zero-order valence-corrected chi connectivity index (χ0v) is 20.7. The molecule has 4 amide bonds. The average molecular weight is 479 g/mol. The van der Waals surface area contributed by atoms with Gasteiger partial charge in [-0.3, -0.25) is 4.79 Å². The number of amides is 4. The summed E-state index contributed by atoms with van der Waals surface area (Å²) in [5.41, 5.74) is 5.67. The highest BCUT2D eigenvalue weighted by molar-refractivity contribution is 5.90. The molecule has 1 atom stereocenters. The maximum absolute atomic E-state index is 12.4. The largest absolute Gasteiger partial charge is 0.458 e. The van der Waals surface area contributed by atoms with Crippen molar-refractivity contribution in [3.05, 3.63) is 29.8 Å². The van der Waals surface area contributed by atoms with Gasteiger partial charge in [0.05, 0.1) is 0 Å². The SMILES string of the molecule is CC(C)CC(NC(=O)OCc1ccc(NC(=O)CCCCNC(N)=O)cc1)C(=O)OC(C)(C)C. The predicted molar refractivity (Wildman–Crippen MR) is 129 cm³/mol. The highest BCUT2D eigenvalue weighted by Crippen LogP contribution is 2.14. The van der Waals surface area contributed by atoms with Crippen molar-refractivity contribution >= 4 is 29.7 Å². The standard InChI is InChI=1S/C24H38N4O6/c1-16(2)14-19(21(30)34-24(3,4)5)28-23(32)33-15-17-9-11-18(12-10-17)27-20(29)8-6-7-13-26-22(25)31/h9-12,16,19H,6-8,13-15H2,1-5H3,(H,27,29)(H,28,32)(H3,25,26,31). The molecule has 0 bridgehead atoms. The van der Waals surface area contributed by atoms with Crippen LogP contribution >= 0.6 is 0 Å². The van der Waals surface area contributed by atoms with E-state index in [0.717, 1.165) is 5.56 Å². The van der Waals surface area contributed by atoms with Gasteiger partial charge in [0.1, 0.15) is 18.2 Å². The maximum Gasteiger partial charge on any atom is 0.408 e. The molecule has 0 saturated carbocycles. The molecule has 1 rings (SSSR count). The third kappa shape index (κ3) is 13.3. The maximum atomic E-state index is 12.4. The van der Waals surface area contributed by atoms with Crippen LogP contribution in [-0.4, -0.2) is 42.2 Å². The lowest BCUT2D eigenvalue weighted by Crippen LogP contribution is -2.45. The Morgan fingerprint density at radius 2 is 1.68 bits per heavy atom. The number of rotatable bonds is 12. The lowest BCUT2D eigenvalue weighted by atomic mass is 10.0. The van der Waals surface area contributed by atoms with Gasteiger partial charge in [-0.25, -0.2) is 14.4 Å². The van der Waals surface area contributed by atoms with E-state index in [1.54, 1.807) is 45.0 Å². The van der Waals surface area contributed by atoms with E-state index in [4.69, 9.17) is 15.2 Å². The third-order valence-electron chi connectivity index (χ3n) is 4.43. The van der Waals surface area contributed by atoms with Gasteiger partial charge in [0.15, 0.2) is 0 Å². The summed E-state index contributed by atoms with van der Waals surface area (Å²) in [5, 5.41) is 7.85. The van der Waals surface area contributed by atoms with Gasteiger partial charge < -0.3 is 31.2 Å². The summed E-state index contributed by atoms with van der Waals surface area (Å²) in [5.74, 6) is -0.462. The van der Waals surface area contributed by atoms with Gasteiger partial charge >= 0.3 is 18.1 Å². The minimum absolute atomic E-state index is 0.00956. The minimum Gasteiger partial charge on any atom is -0.458 e. The summed E-state index contributed by atoms with van der Waals surface area (Å²) >= 11 is 0. The first kappa shape index (κ1) is 28.7. The molecule has 5 N–H and O–H groups in total. The number of carbonyl (C=O) groups excluding carboxylic acids is 4. The van der Waals surface area contributed by atoms with Gasteiger partial charge in [-0.15, -0.1) is 0 Å². The Bertz CT molecular complexity index is 818. The second-order valence-corrected chi connectivity index (χ2v) is 9.43. The highest BCUT2D eigenvalue weighted by Gasteiger charge is 2.27. The summed E-state index contributed by atoms with van der Waals surface area (Å²) in [6, 6.07) is 5.52. The first-order chi connectivity index (χ1) is 15.9. The molecule has 1 unspecified atom stereocenters. The molecular formula is C24H38N4O6. The lowest BCUT2D eigenvalue weighted by Gasteiger charge is -2.25. The van der Waals surface area contributed by atoms with E-state index < -0.39 is 29.7 Å². The van der Waals surface area contributed by atoms with Crippen LogP contribution in [0.1, 0.15) is 65.9 Å². The van der Waals surface area contributed by atoms with E-state index in [-0.39, 0.29) is 18.4 Å². The summed E-state index contributed by atoms with van der Waals surface area (Å²) in [6.45, 7) is 9.65. The summed E-state index contributed by atoms with van der Waals surface area (Å²) in [7, 11) is 0. The van der Waals surface area contributed by atoms with Crippen LogP contribution in [0.5, 0.6) is 0 Å². The Kier molecular flexibility index (Phi) is 11.9. The first-order valence-corrected chi connectivity index (χ1v) is 11.4. The number of anilines is 1. The molecule has 10 heteroatoms. The monoisotopic (exact) mass is 478 g/mol. The van der Waals surface area contributed by atoms with Crippen LogP contribution in [0, 0.1) is 5.92 Å². The third-order valence-corrected chi connectivity index (χ3v) is 4.43. The van der Waals surface area contributed by atoms with Crippen LogP contribution in [-0.2, 0) is 25.7 Å². The fourth-order valence-electron chi connectivity index (χ4n) is 2.92. The second kappa shape index (κ2) is 14.1. The van der Waals surface area contributed by atoms with Crippen LogP contribution < -0.4 is 21.7 Å². The molecular weight excluding hydrogens is 440 g/mol. The fourth-order valence-corrected chi connectivity index (χ4v) is 2.92. The van der Waals surface area contributed by atoms with E-state index in [0.29, 0.717) is 37.9 Å². The van der Waals surface area contributed by atoms with Crippen molar-refractivity contribution in [2.24, 2.45) is 11.7 Å². The van der Waals surface area contributed by atoms with Crippen LogP contribution in [0.2, 0.25) is 0 Å². The van der Waals surface area contributed by atoms with Crippen LogP contribution in [0.4, 0.5) is 15.3 Å². The number of primary amides is 1. The van der Waals surface area contributed by atoms with Crippen molar-refractivity contribution in [1.29, 1.82) is 0 Å². The molecule has 0 aliphatic carbocycles. The minimum atomic E-state index is -0.795. The predicted octanol–water partition coefficient (Wildman–Crippen LogP) is 3.45. The first-order valence-electron chi connectivity index (χ1n) is 11.4. The van der Waals surface area contributed by atoms with Crippen molar-refractivity contribution in [3.63, 3.8) is 0 Å². The van der Waals surface area contributed by atoms with E-state index in [1.807, 2.05) is 13.8 Å². The molecule has 0 aromatic heterocycles. The molecule has 0 saturated heterocycles. The molecule has 1 aromatic carbocycles. The number of esters is 1. The number of benzene rings is 1. The number of nitrogens with one attached hydrogen (secondary N) is 3. The second-order valence-electron chi connectivity index (χ2n) is 9.43. The Hall–Kier alpha value is -3.30. The number of urea groups is 1. The Morgan fingerprint density at radius 3 is 2.24 bits per heavy atom. The Morgan fingerprint density at radius 1 is 1.03 bits per heavy atom. The quantitative estimate of drug-likeness (QED) is 0.267. The number of carbonyl (C=O) groups is 4. The van der Waals surface area contributed by atoms with Gasteiger partial charge in [-0.05, 0) is 63.6 Å². The van der Waals surface area contributed by atoms with E-state index in [1.165, 1.54) is 0 Å². The Balaban J connectivity index is 2.47. The van der Waals surface area contributed by atoms with Crippen molar-refractivity contribution in [2.45, 2.75) is 78.6 Å². The molecule has 0 heterocycles. The zero-order chi connectivity index (χ0) is 25.7. The lowest BCUT2D eigenvalue weighted by molar-refractivity contribution is -0.157. The summed E-state index contributed by atoms with van der Waals surface area (Å²) < 4.78 is 10.6. The van der Waals surface area contributed by atoms with Crippen molar-refractivity contribution in [3.8, 4) is 0 Å². The number of alkyl carbamates (subject to hydrolysis) is 1. The van der Waals surface area contributed by atoms with E-state index in [9.17, 15) is 19.2 Å². The molecule has 0 radical (unpaired) electrons. The molecule has 0 spiro atoms. The van der Waals surface area contributed by atoms with Crippen molar-refractivity contribution in [1.82, 2.24) is 10.6 Å². The van der Waals surface area contributed by atoms with Crippen LogP contribution in [0.25, 0.3) is 0 Å². The average Bonchev–Trinajstić information content (AvgIpc) is 2.70. The number of ether oxygens (including phenoxy) is 2. The number of unbranched alkanes of at least 4 members (excludes halogenated alkanes) is 1. The van der Waals surface area contributed by atoms with Crippen LogP contribution in [0.3, 0.4) is 0 Å². The smallest absolute Gasteiger partial charge is 0.408 e. The van der Waals surface area contributed by atoms with E-state index >= 15 is 0 Å². The van der Waals surface area contributed by atoms with Gasteiger partial charge in [0.25, 0.3) is 0 Å². The van der Waals surface area contributed by atoms with E-state index in [2.05, 4.69) is 16.0 Å². The molecule has 1 aromatic rings. The highest BCUT2D eigenvalue weighted by atomic mass is 16.6. The summed E-state index contributed by atoms with van der Waals surface area (Å²) in [6.07, 6.45) is 1.31. The zero-order valence-electron chi connectivity index (χ0n) is 20.7. The molecule has 0 aliphatic rings. The number of nitrogens with two attached hydrogens (primary N) is 1. The van der Waals surface area contributed by atoms with Gasteiger partial charge in [-0.1, -0.05) is 26.0 Å².